The lowest BCUT2D eigenvalue weighted by Gasteiger charge is -1.98. The molecule has 6 heteroatoms. The van der Waals surface area contributed by atoms with Gasteiger partial charge in [-0.15, -0.1) is 0 Å². The van der Waals surface area contributed by atoms with E-state index in [1.54, 1.807) is 0 Å². The summed E-state index contributed by atoms with van der Waals surface area (Å²) in [6.45, 7) is 0. The van der Waals surface area contributed by atoms with E-state index in [1.165, 1.54) is 18.2 Å². The molecule has 0 saturated heterocycles. The van der Waals surface area contributed by atoms with Crippen LogP contribution in [-0.4, -0.2) is 22.9 Å². The molecule has 1 aliphatic heterocycles. The third-order valence-corrected chi connectivity index (χ3v) is 1.95. The number of aliphatic imine (C=N–C) groups is 1. The lowest BCUT2D eigenvalue weighted by atomic mass is 10.2. The molecule has 0 amide bonds. The number of hydrogen-bond acceptors (Lipinski definition) is 4. The number of nitrogens with zero attached hydrogens (tertiary/aromatic N) is 1. The Hall–Kier alpha value is -2.50. The quantitative estimate of drug-likeness (QED) is 0.615. The van der Waals surface area contributed by atoms with Gasteiger partial charge in [0.2, 0.25) is 5.90 Å². The highest BCUT2D eigenvalue weighted by Crippen LogP contribution is 2.16. The van der Waals surface area contributed by atoms with Crippen LogP contribution in [0.5, 0.6) is 0 Å². The van der Waals surface area contributed by atoms with Crippen molar-refractivity contribution in [2.45, 2.75) is 0 Å². The van der Waals surface area contributed by atoms with Gasteiger partial charge in [-0.05, 0) is 18.2 Å². The maximum atomic E-state index is 12.9. The SMILES string of the molecule is O=C(O)/C=C1/N=C(c2cccc(F)c2)OC1=O. The standard InChI is InChI=1S/C11H6FNO4/c12-7-3-1-2-6(4-7)10-13-8(5-9(14)15)11(16)17-10/h1-5H,(H,14,15)/b8-5+. The van der Waals surface area contributed by atoms with Crippen LogP contribution in [0.4, 0.5) is 4.39 Å². The zero-order chi connectivity index (χ0) is 12.4. The number of hydrogen-bond donors (Lipinski definition) is 1. The van der Waals surface area contributed by atoms with E-state index < -0.39 is 17.8 Å². The van der Waals surface area contributed by atoms with Crippen molar-refractivity contribution in [2.24, 2.45) is 4.99 Å². The highest BCUT2D eigenvalue weighted by molar-refractivity contribution is 6.12. The number of halogens is 1. The van der Waals surface area contributed by atoms with Gasteiger partial charge in [0.25, 0.3) is 0 Å². The summed E-state index contributed by atoms with van der Waals surface area (Å²) >= 11 is 0. The van der Waals surface area contributed by atoms with Crippen LogP contribution in [0.15, 0.2) is 41.0 Å². The molecular weight excluding hydrogens is 229 g/mol. The number of carbonyl (C=O) groups excluding carboxylic acids is 1. The summed E-state index contributed by atoms with van der Waals surface area (Å²) in [4.78, 5) is 25.3. The van der Waals surface area contributed by atoms with Gasteiger partial charge in [0.1, 0.15) is 5.82 Å². The molecule has 0 bridgehead atoms. The van der Waals surface area contributed by atoms with Crippen LogP contribution in [0.2, 0.25) is 0 Å². The molecule has 0 fully saturated rings. The molecule has 0 atom stereocenters. The van der Waals surface area contributed by atoms with Crippen LogP contribution in [0, 0.1) is 5.82 Å². The first-order valence-electron chi connectivity index (χ1n) is 4.58. The van der Waals surface area contributed by atoms with Crippen LogP contribution < -0.4 is 0 Å². The number of carboxylic acid groups (broad SMARTS) is 1. The predicted octanol–water partition coefficient (Wildman–Crippen LogP) is 1.10. The van der Waals surface area contributed by atoms with Crippen molar-refractivity contribution in [1.82, 2.24) is 0 Å². The second kappa shape index (κ2) is 4.17. The third kappa shape index (κ3) is 2.36. The monoisotopic (exact) mass is 235 g/mol. The summed E-state index contributed by atoms with van der Waals surface area (Å²) in [6.07, 6.45) is 0.634. The molecule has 2 rings (SSSR count). The van der Waals surface area contributed by atoms with Gasteiger partial charge in [-0.2, -0.15) is 0 Å². The Kier molecular flexibility index (Phi) is 2.70. The van der Waals surface area contributed by atoms with Gasteiger partial charge in [-0.25, -0.2) is 19.0 Å². The summed E-state index contributed by atoms with van der Waals surface area (Å²) < 4.78 is 17.6. The first-order chi connectivity index (χ1) is 8.06. The van der Waals surface area contributed by atoms with Gasteiger partial charge < -0.3 is 9.84 Å². The van der Waals surface area contributed by atoms with Gasteiger partial charge in [-0.1, -0.05) is 6.07 Å². The molecule has 5 nitrogen and oxygen atoms in total. The average Bonchev–Trinajstić information content (AvgIpc) is 2.59. The molecular formula is C11H6FNO4. The molecule has 0 unspecified atom stereocenters. The molecule has 86 valence electrons. The second-order valence-corrected chi connectivity index (χ2v) is 3.18. The zero-order valence-electron chi connectivity index (χ0n) is 8.38. The van der Waals surface area contributed by atoms with E-state index >= 15 is 0 Å². The van der Waals surface area contributed by atoms with Crippen molar-refractivity contribution < 1.29 is 23.8 Å². The fraction of sp³-hybridized carbons (Fsp3) is 0. The Morgan fingerprint density at radius 2 is 2.24 bits per heavy atom. The number of carboxylic acids is 1. The summed E-state index contributed by atoms with van der Waals surface area (Å²) in [7, 11) is 0. The molecule has 0 aromatic heterocycles. The molecule has 1 aromatic rings. The molecule has 0 aliphatic carbocycles. The highest BCUT2D eigenvalue weighted by atomic mass is 19.1. The Labute approximate surface area is 94.9 Å². The van der Waals surface area contributed by atoms with Crippen LogP contribution >= 0.6 is 0 Å². The van der Waals surface area contributed by atoms with Crippen molar-refractivity contribution in [3.05, 3.63) is 47.4 Å². The van der Waals surface area contributed by atoms with E-state index in [1.807, 2.05) is 0 Å². The minimum absolute atomic E-state index is 0.109. The van der Waals surface area contributed by atoms with Crippen LogP contribution in [0.3, 0.4) is 0 Å². The topological polar surface area (TPSA) is 76.0 Å². The summed E-state index contributed by atoms with van der Waals surface area (Å²) in [5.41, 5.74) is -0.0519. The fourth-order valence-corrected chi connectivity index (χ4v) is 1.27. The minimum atomic E-state index is -1.30. The van der Waals surface area contributed by atoms with Crippen LogP contribution in [-0.2, 0) is 14.3 Å². The van der Waals surface area contributed by atoms with Crippen molar-refractivity contribution in [3.8, 4) is 0 Å². The smallest absolute Gasteiger partial charge is 0.364 e. The van der Waals surface area contributed by atoms with Crippen LogP contribution in [0.1, 0.15) is 5.56 Å². The molecule has 0 saturated carbocycles. The Morgan fingerprint density at radius 1 is 1.47 bits per heavy atom. The molecule has 17 heavy (non-hydrogen) atoms. The number of ether oxygens (including phenoxy) is 1. The van der Waals surface area contributed by atoms with Gasteiger partial charge in [-0.3, -0.25) is 0 Å². The largest absolute Gasteiger partial charge is 0.478 e. The molecule has 0 radical (unpaired) electrons. The van der Waals surface area contributed by atoms with Crippen molar-refractivity contribution in [1.29, 1.82) is 0 Å². The Bertz CT molecular complexity index is 562. The Morgan fingerprint density at radius 3 is 2.88 bits per heavy atom. The van der Waals surface area contributed by atoms with Gasteiger partial charge in [0.15, 0.2) is 5.70 Å². The highest BCUT2D eigenvalue weighted by Gasteiger charge is 2.25. The summed E-state index contributed by atoms with van der Waals surface area (Å²) in [6, 6.07) is 5.30. The van der Waals surface area contributed by atoms with Crippen molar-refractivity contribution >= 4 is 17.8 Å². The van der Waals surface area contributed by atoms with Gasteiger partial charge in [0.05, 0.1) is 6.08 Å². The summed E-state index contributed by atoms with van der Waals surface area (Å²) in [5.74, 6) is -2.79. The fourth-order valence-electron chi connectivity index (χ4n) is 1.27. The first kappa shape index (κ1) is 11.0. The predicted molar refractivity (Wildman–Crippen MR) is 54.7 cm³/mol. The summed E-state index contributed by atoms with van der Waals surface area (Å²) in [5, 5.41) is 8.48. The number of cyclic esters (lactones) is 1. The lowest BCUT2D eigenvalue weighted by Crippen LogP contribution is -2.06. The Balaban J connectivity index is 2.37. The minimum Gasteiger partial charge on any atom is -0.478 e. The molecule has 0 spiro atoms. The zero-order valence-corrected chi connectivity index (χ0v) is 8.38. The first-order valence-corrected chi connectivity index (χ1v) is 4.58. The van der Waals surface area contributed by atoms with Crippen molar-refractivity contribution in [3.63, 3.8) is 0 Å². The lowest BCUT2D eigenvalue weighted by molar-refractivity contribution is -0.133. The molecule has 1 heterocycles. The van der Waals surface area contributed by atoms with Gasteiger partial charge in [0, 0.05) is 5.56 Å². The molecule has 1 aromatic carbocycles. The van der Waals surface area contributed by atoms with E-state index in [4.69, 9.17) is 9.84 Å². The maximum Gasteiger partial charge on any atom is 0.364 e. The normalized spacial score (nSPS) is 16.9. The van der Waals surface area contributed by atoms with Crippen molar-refractivity contribution in [2.75, 3.05) is 0 Å². The van der Waals surface area contributed by atoms with E-state index in [2.05, 4.69) is 4.99 Å². The maximum absolute atomic E-state index is 12.9. The van der Waals surface area contributed by atoms with E-state index in [0.717, 1.165) is 6.07 Å². The second-order valence-electron chi connectivity index (χ2n) is 3.18. The molecule has 1 N–H and O–H groups in total. The third-order valence-electron chi connectivity index (χ3n) is 1.95. The van der Waals surface area contributed by atoms with Gasteiger partial charge >= 0.3 is 11.9 Å². The average molecular weight is 235 g/mol. The van der Waals surface area contributed by atoms with E-state index in [9.17, 15) is 14.0 Å². The van der Waals surface area contributed by atoms with Crippen LogP contribution in [0.25, 0.3) is 0 Å². The van der Waals surface area contributed by atoms with E-state index in [0.29, 0.717) is 6.08 Å². The number of benzene rings is 1. The van der Waals surface area contributed by atoms with E-state index in [-0.39, 0.29) is 17.2 Å². The number of esters is 1. The number of carbonyl (C=O) groups is 2. The molecule has 1 aliphatic rings. The number of aliphatic carboxylic acids is 1. The number of rotatable bonds is 2.